The summed E-state index contributed by atoms with van der Waals surface area (Å²) in [6.45, 7) is 2.23. The third-order valence-electron chi connectivity index (χ3n) is 8.56. The summed E-state index contributed by atoms with van der Waals surface area (Å²) in [7, 11) is 0. The molecule has 8 nitrogen and oxygen atoms in total. The van der Waals surface area contributed by atoms with Gasteiger partial charge < -0.3 is 25.0 Å². The second kappa shape index (κ2) is 18.3. The Bertz CT molecular complexity index is 1520. The molecule has 3 atom stereocenters. The summed E-state index contributed by atoms with van der Waals surface area (Å²) in [5, 5.41) is 21.4. The zero-order valence-corrected chi connectivity index (χ0v) is 27.4. The molecule has 1 fully saturated rings. The van der Waals surface area contributed by atoms with E-state index < -0.39 is 12.3 Å². The van der Waals surface area contributed by atoms with E-state index in [-0.39, 0.29) is 31.1 Å². The van der Waals surface area contributed by atoms with Crippen LogP contribution in [0.15, 0.2) is 109 Å². The Kier molecular flexibility index (Phi) is 13.3. The highest BCUT2D eigenvalue weighted by Gasteiger charge is 2.33. The van der Waals surface area contributed by atoms with Crippen molar-refractivity contribution >= 4 is 17.6 Å². The smallest absolute Gasteiger partial charge is 0.303 e. The van der Waals surface area contributed by atoms with Crippen molar-refractivity contribution in [2.75, 3.05) is 11.9 Å². The maximum absolute atomic E-state index is 12.7. The fourth-order valence-electron chi connectivity index (χ4n) is 6.09. The van der Waals surface area contributed by atoms with Crippen LogP contribution >= 0.6 is 0 Å². The molecule has 4 aromatic carbocycles. The molecule has 1 saturated heterocycles. The standard InChI is InChI=1S/C40H46N2O6/c43-29-32-20-22-33(23-21-32)37-25-36(28-42(26-30-12-5-3-6-13-30)27-31-14-7-4-8-15-31)47-40(48-37)34-16-11-17-35(24-34)41-38(44)18-9-1-2-10-19-39(45)46/h3-8,11-17,20-24,36-37,40,43H,1-2,9-10,18-19,25-29H2,(H,41,44)(H,45,46)/t36-,37+,40+/m0/s1. The molecule has 48 heavy (non-hydrogen) atoms. The van der Waals surface area contributed by atoms with Crippen LogP contribution in [0.2, 0.25) is 0 Å². The highest BCUT2D eigenvalue weighted by Crippen LogP contribution is 2.39. The number of ether oxygens (including phenoxy) is 2. The number of aliphatic hydroxyl groups is 1. The number of hydrogen-bond donors (Lipinski definition) is 3. The van der Waals surface area contributed by atoms with Gasteiger partial charge in [0, 0.05) is 50.1 Å². The predicted octanol–water partition coefficient (Wildman–Crippen LogP) is 7.79. The maximum atomic E-state index is 12.7. The molecule has 1 heterocycles. The molecular weight excluding hydrogens is 604 g/mol. The molecule has 8 heteroatoms. The number of carbonyl (C=O) groups excluding carboxylic acids is 1. The molecule has 0 spiro atoms. The highest BCUT2D eigenvalue weighted by molar-refractivity contribution is 5.90. The van der Waals surface area contributed by atoms with Crippen molar-refractivity contribution in [3.8, 4) is 0 Å². The average Bonchev–Trinajstić information content (AvgIpc) is 3.10. The molecule has 1 amide bonds. The monoisotopic (exact) mass is 650 g/mol. The van der Waals surface area contributed by atoms with Crippen LogP contribution in [0, 0.1) is 0 Å². The number of carbonyl (C=O) groups is 2. The number of carboxylic acids is 1. The zero-order chi connectivity index (χ0) is 33.6. The molecule has 0 aliphatic carbocycles. The van der Waals surface area contributed by atoms with E-state index in [0.717, 1.165) is 42.6 Å². The van der Waals surface area contributed by atoms with Gasteiger partial charge in [-0.3, -0.25) is 14.5 Å². The van der Waals surface area contributed by atoms with E-state index in [1.54, 1.807) is 0 Å². The summed E-state index contributed by atoms with van der Waals surface area (Å²) in [5.74, 6) is -0.861. The van der Waals surface area contributed by atoms with E-state index in [1.807, 2.05) is 60.7 Å². The molecule has 3 N–H and O–H groups in total. The third-order valence-corrected chi connectivity index (χ3v) is 8.56. The molecule has 5 rings (SSSR count). The van der Waals surface area contributed by atoms with Crippen molar-refractivity contribution in [2.45, 2.75) is 83.1 Å². The Balaban J connectivity index is 1.30. The van der Waals surface area contributed by atoms with Crippen molar-refractivity contribution in [1.29, 1.82) is 0 Å². The van der Waals surface area contributed by atoms with Crippen molar-refractivity contribution in [3.63, 3.8) is 0 Å². The number of aliphatic hydroxyl groups excluding tert-OH is 1. The number of amides is 1. The largest absolute Gasteiger partial charge is 0.481 e. The SMILES string of the molecule is O=C(O)CCCCCCC(=O)Nc1cccc([C@@H]2O[C@H](CN(Cc3ccccc3)Cc3ccccc3)C[C@H](c3ccc(CO)cc3)O2)c1. The Hall–Kier alpha value is -4.34. The van der Waals surface area contributed by atoms with Crippen LogP contribution in [0.4, 0.5) is 5.69 Å². The van der Waals surface area contributed by atoms with Crippen LogP contribution < -0.4 is 5.32 Å². The molecule has 0 unspecified atom stereocenters. The van der Waals surface area contributed by atoms with Crippen molar-refractivity contribution in [1.82, 2.24) is 4.90 Å². The van der Waals surface area contributed by atoms with Crippen LogP contribution in [0.5, 0.6) is 0 Å². The minimum Gasteiger partial charge on any atom is -0.481 e. The number of rotatable bonds is 17. The van der Waals surface area contributed by atoms with Crippen LogP contribution in [0.25, 0.3) is 0 Å². The lowest BCUT2D eigenvalue weighted by Gasteiger charge is -2.38. The Morgan fingerprint density at radius 2 is 1.35 bits per heavy atom. The lowest BCUT2D eigenvalue weighted by atomic mass is 9.99. The molecule has 0 aromatic heterocycles. The number of nitrogens with zero attached hydrogens (tertiary/aromatic N) is 1. The van der Waals surface area contributed by atoms with Gasteiger partial charge in [-0.2, -0.15) is 0 Å². The first-order valence-corrected chi connectivity index (χ1v) is 16.9. The van der Waals surface area contributed by atoms with E-state index in [0.29, 0.717) is 37.9 Å². The van der Waals surface area contributed by atoms with Gasteiger partial charge in [-0.15, -0.1) is 0 Å². The van der Waals surface area contributed by atoms with E-state index in [4.69, 9.17) is 14.6 Å². The number of carboxylic acid groups (broad SMARTS) is 1. The minimum atomic E-state index is -0.785. The van der Waals surface area contributed by atoms with Gasteiger partial charge in [0.1, 0.15) is 0 Å². The van der Waals surface area contributed by atoms with Crippen LogP contribution in [-0.2, 0) is 38.8 Å². The topological polar surface area (TPSA) is 108 Å². The Morgan fingerprint density at radius 3 is 1.98 bits per heavy atom. The van der Waals surface area contributed by atoms with Crippen LogP contribution in [-0.4, -0.2) is 39.6 Å². The summed E-state index contributed by atoms with van der Waals surface area (Å²) in [6, 6.07) is 36.4. The number of nitrogens with one attached hydrogen (secondary N) is 1. The highest BCUT2D eigenvalue weighted by atomic mass is 16.7. The average molecular weight is 651 g/mol. The number of benzene rings is 4. The molecule has 0 bridgehead atoms. The van der Waals surface area contributed by atoms with E-state index in [1.165, 1.54) is 11.1 Å². The second-order valence-electron chi connectivity index (χ2n) is 12.5. The number of anilines is 1. The summed E-state index contributed by atoms with van der Waals surface area (Å²) >= 11 is 0. The van der Waals surface area contributed by atoms with Gasteiger partial charge in [-0.25, -0.2) is 0 Å². The van der Waals surface area contributed by atoms with Gasteiger partial charge in [0.25, 0.3) is 0 Å². The molecule has 0 saturated carbocycles. The summed E-state index contributed by atoms with van der Waals surface area (Å²) in [4.78, 5) is 25.8. The number of aliphatic carboxylic acids is 1. The quantitative estimate of drug-likeness (QED) is 0.100. The first kappa shape index (κ1) is 35.0. The molecular formula is C40H46N2O6. The fraction of sp³-hybridized carbons (Fsp3) is 0.350. The normalized spacial score (nSPS) is 17.7. The molecule has 252 valence electrons. The van der Waals surface area contributed by atoms with Gasteiger partial charge in [0.05, 0.1) is 18.8 Å². The zero-order valence-electron chi connectivity index (χ0n) is 27.4. The lowest BCUT2D eigenvalue weighted by molar-refractivity contribution is -0.253. The Morgan fingerprint density at radius 1 is 0.708 bits per heavy atom. The Labute approximate surface area is 283 Å². The van der Waals surface area contributed by atoms with Crippen molar-refractivity contribution in [3.05, 3.63) is 137 Å². The first-order valence-electron chi connectivity index (χ1n) is 16.9. The molecule has 0 radical (unpaired) electrons. The third kappa shape index (κ3) is 11.1. The van der Waals surface area contributed by atoms with Crippen molar-refractivity contribution < 1.29 is 29.3 Å². The summed E-state index contributed by atoms with van der Waals surface area (Å²) in [5.41, 5.74) is 5.83. The van der Waals surface area contributed by atoms with Gasteiger partial charge in [0.2, 0.25) is 5.91 Å². The maximum Gasteiger partial charge on any atom is 0.303 e. The summed E-state index contributed by atoms with van der Waals surface area (Å²) in [6.07, 6.45) is 3.14. The number of hydrogen-bond acceptors (Lipinski definition) is 6. The predicted molar refractivity (Wildman–Crippen MR) is 186 cm³/mol. The number of unbranched alkanes of at least 4 members (excludes halogenated alkanes) is 3. The van der Waals surface area contributed by atoms with E-state index in [9.17, 15) is 14.7 Å². The molecule has 1 aliphatic rings. The lowest BCUT2D eigenvalue weighted by Crippen LogP contribution is -2.39. The minimum absolute atomic E-state index is 0.0165. The van der Waals surface area contributed by atoms with Crippen LogP contribution in [0.1, 0.15) is 85.2 Å². The first-order chi connectivity index (χ1) is 23.4. The summed E-state index contributed by atoms with van der Waals surface area (Å²) < 4.78 is 13.3. The molecule has 1 aliphatic heterocycles. The molecule has 4 aromatic rings. The van der Waals surface area contributed by atoms with Crippen molar-refractivity contribution in [2.24, 2.45) is 0 Å². The van der Waals surface area contributed by atoms with Crippen LogP contribution in [0.3, 0.4) is 0 Å². The van der Waals surface area contributed by atoms with Gasteiger partial charge in [0.15, 0.2) is 6.29 Å². The fourth-order valence-corrected chi connectivity index (χ4v) is 6.09. The van der Waals surface area contributed by atoms with Gasteiger partial charge >= 0.3 is 5.97 Å². The van der Waals surface area contributed by atoms with Gasteiger partial charge in [-0.05, 0) is 47.2 Å². The van der Waals surface area contributed by atoms with Gasteiger partial charge in [-0.1, -0.05) is 110 Å². The second-order valence-corrected chi connectivity index (χ2v) is 12.5. The van der Waals surface area contributed by atoms with E-state index in [2.05, 4.69) is 58.7 Å². The van der Waals surface area contributed by atoms with E-state index >= 15 is 0 Å².